The van der Waals surface area contributed by atoms with Crippen LogP contribution < -0.4 is 4.72 Å². The van der Waals surface area contributed by atoms with E-state index in [1.807, 2.05) is 0 Å². The Morgan fingerprint density at radius 2 is 2.16 bits per heavy atom. The largest absolute Gasteiger partial charge is 0.382 e. The number of aromatic nitrogens is 1. The molecule has 0 spiro atoms. The summed E-state index contributed by atoms with van der Waals surface area (Å²) in [7, 11) is -1.77. The third-order valence-electron chi connectivity index (χ3n) is 2.23. The van der Waals surface area contributed by atoms with Gasteiger partial charge in [-0.05, 0) is 13.3 Å². The number of nitrogens with zero attached hydrogens (tertiary/aromatic N) is 1. The van der Waals surface area contributed by atoms with Crippen LogP contribution in [0.4, 0.5) is 0 Å². The van der Waals surface area contributed by atoms with E-state index in [2.05, 4.69) is 9.88 Å². The molecule has 0 aromatic carbocycles. The van der Waals surface area contributed by atoms with Gasteiger partial charge in [-0.25, -0.2) is 13.1 Å². The molecule has 0 aliphatic rings. The van der Waals surface area contributed by atoms with Gasteiger partial charge in [-0.1, -0.05) is 5.16 Å². The van der Waals surface area contributed by atoms with Crippen LogP contribution in [0.25, 0.3) is 0 Å². The SMILES string of the molecule is COCCOCCCNS(=O)(=O)Cc1cc(C)on1. The van der Waals surface area contributed by atoms with Gasteiger partial charge in [-0.3, -0.25) is 0 Å². The summed E-state index contributed by atoms with van der Waals surface area (Å²) in [5.74, 6) is 0.422. The zero-order valence-electron chi connectivity index (χ0n) is 11.2. The van der Waals surface area contributed by atoms with Crippen molar-refractivity contribution in [2.24, 2.45) is 0 Å². The number of methoxy groups -OCH3 is 1. The van der Waals surface area contributed by atoms with Gasteiger partial charge >= 0.3 is 0 Å². The first-order valence-electron chi connectivity index (χ1n) is 6.00. The van der Waals surface area contributed by atoms with Crippen molar-refractivity contribution in [2.45, 2.75) is 19.1 Å². The van der Waals surface area contributed by atoms with Gasteiger partial charge in [0, 0.05) is 26.3 Å². The first-order chi connectivity index (χ1) is 9.03. The van der Waals surface area contributed by atoms with E-state index in [4.69, 9.17) is 14.0 Å². The number of rotatable bonds is 10. The number of ether oxygens (including phenoxy) is 2. The lowest BCUT2D eigenvalue weighted by Crippen LogP contribution is -2.27. The minimum absolute atomic E-state index is 0.172. The Balaban J connectivity index is 2.17. The summed E-state index contributed by atoms with van der Waals surface area (Å²) in [6.07, 6.45) is 0.612. The number of hydrogen-bond donors (Lipinski definition) is 1. The van der Waals surface area contributed by atoms with E-state index in [0.29, 0.717) is 44.2 Å². The number of nitrogens with one attached hydrogen (secondary N) is 1. The van der Waals surface area contributed by atoms with E-state index in [1.165, 1.54) is 0 Å². The summed E-state index contributed by atoms with van der Waals surface area (Å²) in [5, 5.41) is 3.65. The molecule has 19 heavy (non-hydrogen) atoms. The van der Waals surface area contributed by atoms with E-state index >= 15 is 0 Å². The molecule has 0 aliphatic heterocycles. The molecule has 7 nitrogen and oxygen atoms in total. The molecule has 0 unspecified atom stereocenters. The molecule has 8 heteroatoms. The Hall–Kier alpha value is -0.960. The average molecular weight is 292 g/mol. The molecule has 0 saturated heterocycles. The molecule has 0 amide bonds. The van der Waals surface area contributed by atoms with E-state index in [0.717, 1.165) is 0 Å². The third kappa shape index (κ3) is 7.26. The van der Waals surface area contributed by atoms with Crippen LogP contribution >= 0.6 is 0 Å². The minimum atomic E-state index is -3.37. The van der Waals surface area contributed by atoms with E-state index < -0.39 is 10.0 Å². The number of aryl methyl sites for hydroxylation is 1. The van der Waals surface area contributed by atoms with E-state index in [1.54, 1.807) is 20.1 Å². The second kappa shape index (κ2) is 8.26. The highest BCUT2D eigenvalue weighted by Gasteiger charge is 2.13. The molecular formula is C11H20N2O5S. The lowest BCUT2D eigenvalue weighted by molar-refractivity contribution is 0.0699. The summed E-state index contributed by atoms with van der Waals surface area (Å²) < 4.78 is 40.7. The fourth-order valence-electron chi connectivity index (χ4n) is 1.38. The fourth-order valence-corrected chi connectivity index (χ4v) is 2.46. The molecule has 1 heterocycles. The van der Waals surface area contributed by atoms with E-state index in [9.17, 15) is 8.42 Å². The van der Waals surface area contributed by atoms with Crippen LogP contribution in [-0.2, 0) is 25.2 Å². The molecule has 0 atom stereocenters. The summed E-state index contributed by atoms with van der Waals surface area (Å²) >= 11 is 0. The van der Waals surface area contributed by atoms with Crippen LogP contribution in [0, 0.1) is 6.92 Å². The average Bonchev–Trinajstić information content (AvgIpc) is 2.72. The molecule has 0 radical (unpaired) electrons. The quantitative estimate of drug-likeness (QED) is 0.630. The summed E-state index contributed by atoms with van der Waals surface area (Å²) in [5.41, 5.74) is 0.404. The molecule has 0 saturated carbocycles. The molecule has 0 aliphatic carbocycles. The van der Waals surface area contributed by atoms with Crippen LogP contribution in [0.3, 0.4) is 0 Å². The highest BCUT2D eigenvalue weighted by atomic mass is 32.2. The molecule has 1 rings (SSSR count). The standard InChI is InChI=1S/C11H20N2O5S/c1-10-8-11(13-18-10)9-19(14,15)12-4-3-5-17-7-6-16-2/h8,12H,3-7,9H2,1-2H3. The van der Waals surface area contributed by atoms with Gasteiger partial charge in [0.1, 0.15) is 17.2 Å². The first kappa shape index (κ1) is 16.1. The van der Waals surface area contributed by atoms with E-state index in [-0.39, 0.29) is 5.75 Å². The summed E-state index contributed by atoms with van der Waals surface area (Å²) in [6.45, 7) is 3.60. The predicted molar refractivity (Wildman–Crippen MR) is 69.2 cm³/mol. The Morgan fingerprint density at radius 3 is 2.79 bits per heavy atom. The Bertz CT molecular complexity index is 457. The number of hydrogen-bond acceptors (Lipinski definition) is 6. The van der Waals surface area contributed by atoms with Gasteiger partial charge < -0.3 is 14.0 Å². The number of sulfonamides is 1. The van der Waals surface area contributed by atoms with Crippen LogP contribution in [0.1, 0.15) is 17.9 Å². The maximum absolute atomic E-state index is 11.7. The van der Waals surface area contributed by atoms with Gasteiger partial charge in [-0.15, -0.1) is 0 Å². The van der Waals surface area contributed by atoms with Crippen LogP contribution in [0.15, 0.2) is 10.6 Å². The van der Waals surface area contributed by atoms with Gasteiger partial charge in [0.25, 0.3) is 0 Å². The molecule has 0 fully saturated rings. The van der Waals surface area contributed by atoms with Gasteiger partial charge in [0.05, 0.1) is 13.2 Å². The van der Waals surface area contributed by atoms with Crippen molar-refractivity contribution in [3.05, 3.63) is 17.5 Å². The van der Waals surface area contributed by atoms with Gasteiger partial charge in [0.2, 0.25) is 10.0 Å². The maximum atomic E-state index is 11.7. The normalized spacial score (nSPS) is 11.9. The van der Waals surface area contributed by atoms with Crippen molar-refractivity contribution in [1.82, 2.24) is 9.88 Å². The lowest BCUT2D eigenvalue weighted by Gasteiger charge is -2.05. The second-order valence-electron chi connectivity index (χ2n) is 4.04. The fraction of sp³-hybridized carbons (Fsp3) is 0.727. The smallest absolute Gasteiger partial charge is 0.217 e. The van der Waals surface area contributed by atoms with Crippen molar-refractivity contribution in [3.63, 3.8) is 0 Å². The molecule has 0 bridgehead atoms. The lowest BCUT2D eigenvalue weighted by atomic mass is 10.4. The van der Waals surface area contributed by atoms with Crippen molar-refractivity contribution >= 4 is 10.0 Å². The molecule has 1 N–H and O–H groups in total. The highest BCUT2D eigenvalue weighted by Crippen LogP contribution is 2.05. The van der Waals surface area contributed by atoms with Crippen LogP contribution in [0.5, 0.6) is 0 Å². The van der Waals surface area contributed by atoms with Crippen molar-refractivity contribution in [1.29, 1.82) is 0 Å². The van der Waals surface area contributed by atoms with Crippen molar-refractivity contribution in [3.8, 4) is 0 Å². The predicted octanol–water partition coefficient (Wildman–Crippen LogP) is 0.456. The Kier molecular flexibility index (Phi) is 7.00. The van der Waals surface area contributed by atoms with Crippen LogP contribution in [0.2, 0.25) is 0 Å². The molecular weight excluding hydrogens is 272 g/mol. The zero-order chi connectivity index (χ0) is 14.1. The first-order valence-corrected chi connectivity index (χ1v) is 7.65. The zero-order valence-corrected chi connectivity index (χ0v) is 12.0. The summed E-state index contributed by atoms with van der Waals surface area (Å²) in [6, 6.07) is 1.60. The van der Waals surface area contributed by atoms with Gasteiger partial charge in [0.15, 0.2) is 0 Å². The maximum Gasteiger partial charge on any atom is 0.217 e. The summed E-state index contributed by atoms with van der Waals surface area (Å²) in [4.78, 5) is 0. The topological polar surface area (TPSA) is 90.7 Å². The third-order valence-corrected chi connectivity index (χ3v) is 3.55. The molecule has 1 aromatic heterocycles. The Morgan fingerprint density at radius 1 is 1.37 bits per heavy atom. The van der Waals surface area contributed by atoms with Crippen molar-refractivity contribution in [2.75, 3.05) is 33.5 Å². The van der Waals surface area contributed by atoms with Crippen molar-refractivity contribution < 1.29 is 22.4 Å². The highest BCUT2D eigenvalue weighted by molar-refractivity contribution is 7.88. The monoisotopic (exact) mass is 292 g/mol. The second-order valence-corrected chi connectivity index (χ2v) is 5.85. The molecule has 110 valence electrons. The minimum Gasteiger partial charge on any atom is -0.382 e. The van der Waals surface area contributed by atoms with Crippen LogP contribution in [-0.4, -0.2) is 47.0 Å². The Labute approximate surface area is 113 Å². The van der Waals surface area contributed by atoms with Gasteiger partial charge in [-0.2, -0.15) is 0 Å². The molecule has 1 aromatic rings.